The largest absolute Gasteiger partial charge is 0.357 e. The van der Waals surface area contributed by atoms with E-state index in [4.69, 9.17) is 0 Å². The van der Waals surface area contributed by atoms with Crippen LogP contribution in [0.4, 0.5) is 10.1 Å². The molecule has 0 aliphatic heterocycles. The van der Waals surface area contributed by atoms with E-state index in [0.29, 0.717) is 31.0 Å². The molecule has 0 unspecified atom stereocenters. The molecule has 0 aromatic heterocycles. The summed E-state index contributed by atoms with van der Waals surface area (Å²) in [6.45, 7) is 3.09. The van der Waals surface area contributed by atoms with E-state index in [1.54, 1.807) is 18.2 Å². The number of benzene rings is 2. The van der Waals surface area contributed by atoms with E-state index in [0.717, 1.165) is 6.07 Å². The standard InChI is InChI=1S/C19H24FN5O4S.HI/c1-2-21-19(22-11-10-15-6-3-4-9-18(15)20)23-12-13-24-30(28,29)17-8-5-7-16(14-17)25(26)27;/h3-9,14,24H,2,10-13H2,1H3,(H2,21,22,23);1H. The maximum Gasteiger partial charge on any atom is 0.270 e. The normalized spacial score (nSPS) is 11.5. The van der Waals surface area contributed by atoms with E-state index >= 15 is 0 Å². The first-order valence-electron chi connectivity index (χ1n) is 9.33. The quantitative estimate of drug-likeness (QED) is 0.102. The highest BCUT2D eigenvalue weighted by Gasteiger charge is 2.16. The second-order valence-corrected chi connectivity index (χ2v) is 7.95. The molecule has 2 rings (SSSR count). The highest BCUT2D eigenvalue weighted by Crippen LogP contribution is 2.16. The van der Waals surface area contributed by atoms with Crippen LogP contribution in [0.3, 0.4) is 0 Å². The van der Waals surface area contributed by atoms with Crippen LogP contribution in [0.25, 0.3) is 0 Å². The topological polar surface area (TPSA) is 126 Å². The van der Waals surface area contributed by atoms with Gasteiger partial charge in [0, 0.05) is 31.8 Å². The van der Waals surface area contributed by atoms with E-state index < -0.39 is 14.9 Å². The van der Waals surface area contributed by atoms with Gasteiger partial charge in [-0.15, -0.1) is 24.0 Å². The molecule has 0 saturated carbocycles. The summed E-state index contributed by atoms with van der Waals surface area (Å²) in [4.78, 5) is 14.2. The Morgan fingerprint density at radius 1 is 1.13 bits per heavy atom. The summed E-state index contributed by atoms with van der Waals surface area (Å²) >= 11 is 0. The molecule has 0 radical (unpaired) electrons. The lowest BCUT2D eigenvalue weighted by molar-refractivity contribution is -0.385. The second-order valence-electron chi connectivity index (χ2n) is 6.18. The smallest absolute Gasteiger partial charge is 0.270 e. The van der Waals surface area contributed by atoms with Gasteiger partial charge in [-0.3, -0.25) is 15.1 Å². The molecular formula is C19H25FIN5O4S. The van der Waals surface area contributed by atoms with Gasteiger partial charge in [0.15, 0.2) is 5.96 Å². The number of guanidine groups is 1. The van der Waals surface area contributed by atoms with Crippen molar-refractivity contribution in [1.82, 2.24) is 15.4 Å². The molecule has 2 aromatic rings. The number of nitro benzene ring substituents is 1. The van der Waals surface area contributed by atoms with Crippen LogP contribution in [0.2, 0.25) is 0 Å². The van der Waals surface area contributed by atoms with Crippen LogP contribution in [-0.4, -0.2) is 45.5 Å². The zero-order chi connectivity index (χ0) is 22.0. The molecule has 0 bridgehead atoms. The number of hydrogen-bond donors (Lipinski definition) is 3. The fraction of sp³-hybridized carbons (Fsp3) is 0.316. The molecule has 0 atom stereocenters. The molecule has 2 aromatic carbocycles. The Hall–Kier alpha value is -2.32. The first-order valence-corrected chi connectivity index (χ1v) is 10.8. The van der Waals surface area contributed by atoms with Crippen molar-refractivity contribution in [3.63, 3.8) is 0 Å². The molecule has 0 saturated heterocycles. The summed E-state index contributed by atoms with van der Waals surface area (Å²) in [6.07, 6.45) is 0.469. The summed E-state index contributed by atoms with van der Waals surface area (Å²) in [5.74, 6) is 0.209. The van der Waals surface area contributed by atoms with E-state index in [9.17, 15) is 22.9 Å². The van der Waals surface area contributed by atoms with Gasteiger partial charge in [0.25, 0.3) is 5.69 Å². The number of nitrogens with zero attached hydrogens (tertiary/aromatic N) is 2. The van der Waals surface area contributed by atoms with Gasteiger partial charge >= 0.3 is 0 Å². The third-order valence-electron chi connectivity index (χ3n) is 4.00. The van der Waals surface area contributed by atoms with Gasteiger partial charge in [-0.25, -0.2) is 17.5 Å². The Labute approximate surface area is 197 Å². The number of halogens is 2. The lowest BCUT2D eigenvalue weighted by Crippen LogP contribution is -2.39. The van der Waals surface area contributed by atoms with Crippen LogP contribution in [0.5, 0.6) is 0 Å². The molecule has 0 spiro atoms. The second kappa shape index (κ2) is 13.2. The van der Waals surface area contributed by atoms with E-state index in [-0.39, 0.29) is 53.5 Å². The monoisotopic (exact) mass is 565 g/mol. The Morgan fingerprint density at radius 2 is 1.87 bits per heavy atom. The molecule has 0 fully saturated rings. The average Bonchev–Trinajstić information content (AvgIpc) is 2.72. The molecule has 0 heterocycles. The third-order valence-corrected chi connectivity index (χ3v) is 5.46. The van der Waals surface area contributed by atoms with Gasteiger partial charge in [-0.1, -0.05) is 24.3 Å². The fourth-order valence-corrected chi connectivity index (χ4v) is 3.61. The molecular weight excluding hydrogens is 540 g/mol. The Bertz CT molecular complexity index is 1000. The Morgan fingerprint density at radius 3 is 2.55 bits per heavy atom. The lowest BCUT2D eigenvalue weighted by Gasteiger charge is -2.12. The van der Waals surface area contributed by atoms with Crippen molar-refractivity contribution in [3.8, 4) is 0 Å². The zero-order valence-corrected chi connectivity index (χ0v) is 20.0. The lowest BCUT2D eigenvalue weighted by atomic mass is 10.1. The zero-order valence-electron chi connectivity index (χ0n) is 16.9. The first-order chi connectivity index (χ1) is 14.3. The molecule has 12 heteroatoms. The fourth-order valence-electron chi connectivity index (χ4n) is 2.55. The SMILES string of the molecule is CCNC(=NCCNS(=O)(=O)c1cccc([N+](=O)[O-])c1)NCCc1ccccc1F.I. The summed E-state index contributed by atoms with van der Waals surface area (Å²) in [5, 5.41) is 16.9. The predicted molar refractivity (Wildman–Crippen MR) is 128 cm³/mol. The summed E-state index contributed by atoms with van der Waals surface area (Å²) in [7, 11) is -3.89. The predicted octanol–water partition coefficient (Wildman–Crippen LogP) is 2.43. The number of aliphatic imine (C=N–C) groups is 1. The number of sulfonamides is 1. The highest BCUT2D eigenvalue weighted by molar-refractivity contribution is 14.0. The van der Waals surface area contributed by atoms with Crippen LogP contribution in [0, 0.1) is 15.9 Å². The molecule has 9 nitrogen and oxygen atoms in total. The van der Waals surface area contributed by atoms with Gasteiger partial charge in [-0.2, -0.15) is 0 Å². The van der Waals surface area contributed by atoms with Gasteiger partial charge in [0.05, 0.1) is 16.4 Å². The molecule has 3 N–H and O–H groups in total. The third kappa shape index (κ3) is 8.75. The summed E-state index contributed by atoms with van der Waals surface area (Å²) < 4.78 is 40.6. The maximum absolute atomic E-state index is 13.7. The molecule has 31 heavy (non-hydrogen) atoms. The molecule has 0 aliphatic carbocycles. The van der Waals surface area contributed by atoms with Crippen molar-refractivity contribution >= 4 is 45.6 Å². The van der Waals surface area contributed by atoms with Crippen molar-refractivity contribution in [2.24, 2.45) is 4.99 Å². The number of non-ortho nitro benzene ring substituents is 1. The van der Waals surface area contributed by atoms with Gasteiger partial charge < -0.3 is 10.6 Å². The van der Waals surface area contributed by atoms with E-state index in [1.165, 1.54) is 24.3 Å². The minimum Gasteiger partial charge on any atom is -0.357 e. The van der Waals surface area contributed by atoms with Gasteiger partial charge in [-0.05, 0) is 31.0 Å². The summed E-state index contributed by atoms with van der Waals surface area (Å²) in [6, 6.07) is 11.3. The maximum atomic E-state index is 13.7. The number of rotatable bonds is 10. The van der Waals surface area contributed by atoms with Crippen LogP contribution in [0.15, 0.2) is 58.4 Å². The van der Waals surface area contributed by atoms with Crippen molar-refractivity contribution in [1.29, 1.82) is 0 Å². The summed E-state index contributed by atoms with van der Waals surface area (Å²) in [5.41, 5.74) is 0.287. The number of nitrogens with one attached hydrogen (secondary N) is 3. The molecule has 0 aliphatic rings. The van der Waals surface area contributed by atoms with E-state index in [1.807, 2.05) is 6.92 Å². The van der Waals surface area contributed by atoms with Crippen LogP contribution >= 0.6 is 24.0 Å². The minimum atomic E-state index is -3.89. The van der Waals surface area contributed by atoms with Crippen molar-refractivity contribution in [2.75, 3.05) is 26.2 Å². The van der Waals surface area contributed by atoms with Crippen molar-refractivity contribution in [2.45, 2.75) is 18.2 Å². The highest BCUT2D eigenvalue weighted by atomic mass is 127. The van der Waals surface area contributed by atoms with Gasteiger partial charge in [0.1, 0.15) is 5.82 Å². The van der Waals surface area contributed by atoms with Gasteiger partial charge in [0.2, 0.25) is 10.0 Å². The van der Waals surface area contributed by atoms with Crippen molar-refractivity contribution in [3.05, 3.63) is 70.0 Å². The minimum absolute atomic E-state index is 0. The first kappa shape index (κ1) is 26.7. The van der Waals surface area contributed by atoms with E-state index in [2.05, 4.69) is 20.3 Å². The molecule has 0 amide bonds. The number of hydrogen-bond acceptors (Lipinski definition) is 5. The van der Waals surface area contributed by atoms with Crippen LogP contribution in [-0.2, 0) is 16.4 Å². The van der Waals surface area contributed by atoms with Crippen LogP contribution < -0.4 is 15.4 Å². The Kier molecular flexibility index (Phi) is 11.3. The van der Waals surface area contributed by atoms with Crippen LogP contribution in [0.1, 0.15) is 12.5 Å². The average molecular weight is 565 g/mol. The molecule has 170 valence electrons. The van der Waals surface area contributed by atoms with Crippen molar-refractivity contribution < 1.29 is 17.7 Å². The number of nitro groups is 1. The Balaban J connectivity index is 0.00000480.